The quantitative estimate of drug-likeness (QED) is 0.0953. The first-order valence-electron chi connectivity index (χ1n) is 13.9. The number of nitrogens with one attached hydrogen (secondary N) is 2. The van der Waals surface area contributed by atoms with Crippen molar-refractivity contribution < 1.29 is 19.1 Å². The van der Waals surface area contributed by atoms with Crippen LogP contribution in [0.1, 0.15) is 47.0 Å². The number of hydrogen-bond donors (Lipinski definition) is 2. The van der Waals surface area contributed by atoms with Crippen LogP contribution >= 0.6 is 23.1 Å². The van der Waals surface area contributed by atoms with Gasteiger partial charge in [0.05, 0.1) is 30.7 Å². The monoisotopic (exact) mass is 602 g/mol. The van der Waals surface area contributed by atoms with Crippen LogP contribution in [0.5, 0.6) is 5.75 Å². The number of esters is 1. The lowest BCUT2D eigenvalue weighted by Gasteiger charge is -2.13. The Bertz CT molecular complexity index is 1870. The van der Waals surface area contributed by atoms with E-state index >= 15 is 0 Å². The maximum Gasteiger partial charge on any atom is 0.341 e. The molecule has 0 aliphatic heterocycles. The van der Waals surface area contributed by atoms with Crippen molar-refractivity contribution in [2.24, 2.45) is 0 Å². The third kappa shape index (κ3) is 5.30. The van der Waals surface area contributed by atoms with Crippen LogP contribution in [0.15, 0.2) is 58.5 Å². The highest BCUT2D eigenvalue weighted by molar-refractivity contribution is 7.99. The first kappa shape index (κ1) is 28.0. The Morgan fingerprint density at radius 1 is 1.12 bits per heavy atom. The van der Waals surface area contributed by atoms with Crippen LogP contribution in [-0.4, -0.2) is 45.9 Å². The van der Waals surface area contributed by atoms with E-state index in [1.165, 1.54) is 15.9 Å². The number of H-pyrrole nitrogens is 1. The van der Waals surface area contributed by atoms with Crippen LogP contribution in [0.2, 0.25) is 0 Å². The van der Waals surface area contributed by atoms with Crippen LogP contribution in [0, 0.1) is 0 Å². The van der Waals surface area contributed by atoms with Gasteiger partial charge in [-0.05, 0) is 56.4 Å². The lowest BCUT2D eigenvalue weighted by molar-refractivity contribution is -0.113. The number of carbonyl (C=O) groups excluding carboxylic acids is 2. The number of methoxy groups -OCH3 is 1. The molecule has 3 aromatic heterocycles. The Kier molecular flexibility index (Phi) is 8.03. The number of amides is 1. The van der Waals surface area contributed by atoms with Crippen LogP contribution < -0.4 is 15.6 Å². The van der Waals surface area contributed by atoms with Gasteiger partial charge in [-0.25, -0.2) is 9.78 Å². The molecule has 1 aliphatic rings. The Morgan fingerprint density at radius 3 is 2.79 bits per heavy atom. The highest BCUT2D eigenvalue weighted by Gasteiger charge is 2.27. The van der Waals surface area contributed by atoms with E-state index in [1.54, 1.807) is 38.3 Å². The summed E-state index contributed by atoms with van der Waals surface area (Å²) in [6.45, 7) is 2.04. The summed E-state index contributed by atoms with van der Waals surface area (Å²) in [4.78, 5) is 49.4. The molecule has 2 aromatic carbocycles. The minimum atomic E-state index is -0.404. The fraction of sp³-hybridized carbons (Fsp3) is 0.290. The zero-order chi connectivity index (χ0) is 29.2. The standard InChI is InChI=1S/C31H30N4O5S2/c1-3-40-30(38)25-21-13-5-4-6-15-23(21)42-28(25)33-24(36)17-41-31-34-26-20-12-7-8-14-22(20)32-27(26)29(37)35(31)18-10-9-11-19(16-18)39-2/h7-12,14,16,32H,3-6,13,15,17H2,1-2H3,(H,33,36). The van der Waals surface area contributed by atoms with Gasteiger partial charge in [-0.1, -0.05) is 42.4 Å². The molecule has 0 saturated carbocycles. The molecule has 0 fully saturated rings. The minimum Gasteiger partial charge on any atom is -0.497 e. The third-order valence-electron chi connectivity index (χ3n) is 7.29. The molecule has 2 N–H and O–H groups in total. The smallest absolute Gasteiger partial charge is 0.341 e. The van der Waals surface area contributed by atoms with Crippen molar-refractivity contribution in [3.8, 4) is 11.4 Å². The lowest BCUT2D eigenvalue weighted by atomic mass is 10.1. The summed E-state index contributed by atoms with van der Waals surface area (Å²) in [5.41, 5.74) is 3.50. The van der Waals surface area contributed by atoms with Crippen molar-refractivity contribution in [3.63, 3.8) is 0 Å². The summed E-state index contributed by atoms with van der Waals surface area (Å²) in [5, 5.41) is 4.69. The number of nitrogens with zero attached hydrogens (tertiary/aromatic N) is 2. The molecule has 6 rings (SSSR count). The molecule has 11 heteroatoms. The molecule has 216 valence electrons. The highest BCUT2D eigenvalue weighted by atomic mass is 32.2. The molecule has 0 radical (unpaired) electrons. The highest BCUT2D eigenvalue weighted by Crippen LogP contribution is 2.38. The summed E-state index contributed by atoms with van der Waals surface area (Å²) in [6, 6.07) is 14.8. The Labute approximate surface area is 250 Å². The summed E-state index contributed by atoms with van der Waals surface area (Å²) >= 11 is 2.62. The van der Waals surface area contributed by atoms with Crippen molar-refractivity contribution in [1.29, 1.82) is 0 Å². The maximum atomic E-state index is 13.9. The fourth-order valence-corrected chi connectivity index (χ4v) is 7.46. The average molecular weight is 603 g/mol. The Balaban J connectivity index is 1.35. The number of anilines is 1. The number of aromatic amines is 1. The van der Waals surface area contributed by atoms with Crippen LogP contribution in [0.4, 0.5) is 5.00 Å². The van der Waals surface area contributed by atoms with Crippen molar-refractivity contribution in [2.45, 2.75) is 44.2 Å². The first-order chi connectivity index (χ1) is 20.5. The van der Waals surface area contributed by atoms with E-state index in [-0.39, 0.29) is 23.8 Å². The van der Waals surface area contributed by atoms with Crippen molar-refractivity contribution in [2.75, 3.05) is 24.8 Å². The predicted octanol–water partition coefficient (Wildman–Crippen LogP) is 6.11. The number of rotatable bonds is 8. The van der Waals surface area contributed by atoms with Gasteiger partial charge in [0.1, 0.15) is 21.8 Å². The minimum absolute atomic E-state index is 0.0187. The topological polar surface area (TPSA) is 115 Å². The molecule has 0 spiro atoms. The van der Waals surface area contributed by atoms with Gasteiger partial charge in [0.25, 0.3) is 5.56 Å². The molecule has 1 aliphatic carbocycles. The number of aryl methyl sites for hydroxylation is 1. The second-order valence-electron chi connectivity index (χ2n) is 9.96. The molecule has 3 heterocycles. The zero-order valence-corrected chi connectivity index (χ0v) is 25.0. The van der Waals surface area contributed by atoms with Crippen molar-refractivity contribution in [3.05, 3.63) is 74.9 Å². The van der Waals surface area contributed by atoms with Gasteiger partial charge in [-0.3, -0.25) is 14.2 Å². The second-order valence-corrected chi connectivity index (χ2v) is 12.0. The molecule has 5 aromatic rings. The van der Waals surface area contributed by atoms with Gasteiger partial charge < -0.3 is 19.8 Å². The predicted molar refractivity (Wildman–Crippen MR) is 167 cm³/mol. The summed E-state index contributed by atoms with van der Waals surface area (Å²) < 4.78 is 12.3. The Hall–Kier alpha value is -4.09. The molecular formula is C31H30N4O5S2. The van der Waals surface area contributed by atoms with E-state index in [2.05, 4.69) is 10.3 Å². The third-order valence-corrected chi connectivity index (χ3v) is 9.44. The number of thioether (sulfide) groups is 1. The molecular weight excluding hydrogens is 572 g/mol. The van der Waals surface area contributed by atoms with Gasteiger partial charge in [-0.2, -0.15) is 0 Å². The molecule has 0 atom stereocenters. The Morgan fingerprint density at radius 2 is 1.95 bits per heavy atom. The van der Waals surface area contributed by atoms with E-state index in [0.29, 0.717) is 38.2 Å². The van der Waals surface area contributed by atoms with E-state index in [0.717, 1.165) is 65.2 Å². The van der Waals surface area contributed by atoms with Gasteiger partial charge in [0.2, 0.25) is 5.91 Å². The number of aromatic nitrogens is 3. The van der Waals surface area contributed by atoms with Gasteiger partial charge >= 0.3 is 5.97 Å². The first-order valence-corrected chi connectivity index (χ1v) is 15.7. The normalized spacial score (nSPS) is 13.1. The van der Waals surface area contributed by atoms with E-state index in [4.69, 9.17) is 14.5 Å². The van der Waals surface area contributed by atoms with Crippen molar-refractivity contribution >= 4 is 61.9 Å². The molecule has 0 unspecified atom stereocenters. The van der Waals surface area contributed by atoms with E-state index in [1.807, 2.05) is 24.3 Å². The lowest BCUT2D eigenvalue weighted by Crippen LogP contribution is -2.23. The number of benzene rings is 2. The van der Waals surface area contributed by atoms with E-state index < -0.39 is 5.97 Å². The summed E-state index contributed by atoms with van der Waals surface area (Å²) in [7, 11) is 1.57. The van der Waals surface area contributed by atoms with Crippen LogP contribution in [0.3, 0.4) is 0 Å². The van der Waals surface area contributed by atoms with Crippen LogP contribution in [0.25, 0.3) is 27.6 Å². The van der Waals surface area contributed by atoms with Gasteiger partial charge in [0, 0.05) is 21.8 Å². The fourth-order valence-electron chi connectivity index (χ4n) is 5.36. The number of hydrogen-bond acceptors (Lipinski definition) is 8. The van der Waals surface area contributed by atoms with Crippen LogP contribution in [-0.2, 0) is 22.4 Å². The largest absolute Gasteiger partial charge is 0.497 e. The maximum absolute atomic E-state index is 13.9. The average Bonchev–Trinajstić information content (AvgIpc) is 3.45. The summed E-state index contributed by atoms with van der Waals surface area (Å²) in [6.07, 6.45) is 4.86. The second kappa shape index (κ2) is 12.0. The van der Waals surface area contributed by atoms with E-state index in [9.17, 15) is 14.4 Å². The summed E-state index contributed by atoms with van der Waals surface area (Å²) in [5.74, 6) is -0.130. The molecule has 1 amide bonds. The number of thiophene rings is 1. The number of fused-ring (bicyclic) bond motifs is 4. The number of carbonyl (C=O) groups is 2. The van der Waals surface area contributed by atoms with Gasteiger partial charge in [-0.15, -0.1) is 11.3 Å². The number of para-hydroxylation sites is 1. The SMILES string of the molecule is CCOC(=O)c1c(NC(=O)CSc2nc3c([nH]c4ccccc43)c(=O)n2-c2cccc(OC)c2)sc2c1CCCCC2. The van der Waals surface area contributed by atoms with Gasteiger partial charge in [0.15, 0.2) is 5.16 Å². The zero-order valence-electron chi connectivity index (χ0n) is 23.3. The molecule has 0 saturated heterocycles. The molecule has 42 heavy (non-hydrogen) atoms. The molecule has 0 bridgehead atoms. The molecule has 9 nitrogen and oxygen atoms in total. The van der Waals surface area contributed by atoms with Crippen molar-refractivity contribution in [1.82, 2.24) is 14.5 Å². The number of ether oxygens (including phenoxy) is 2.